The van der Waals surface area contributed by atoms with Gasteiger partial charge in [0.25, 0.3) is 5.91 Å². The molecule has 0 saturated carbocycles. The molecule has 7 nitrogen and oxygen atoms in total. The second kappa shape index (κ2) is 10.9. The number of allylic oxidation sites excluding steroid dienone is 1. The predicted octanol–water partition coefficient (Wildman–Crippen LogP) is 5.78. The highest BCUT2D eigenvalue weighted by molar-refractivity contribution is 8.18. The molecule has 216 valence electrons. The second-order valence-electron chi connectivity index (χ2n) is 9.79. The minimum Gasteiger partial charge on any atom is -0.353 e. The van der Waals surface area contributed by atoms with Crippen molar-refractivity contribution >= 4 is 45.2 Å². The number of aromatic amines is 1. The molecule has 3 heterocycles. The van der Waals surface area contributed by atoms with E-state index in [0.29, 0.717) is 53.6 Å². The Morgan fingerprint density at radius 2 is 1.80 bits per heavy atom. The van der Waals surface area contributed by atoms with Crippen LogP contribution >= 0.6 is 11.8 Å². The van der Waals surface area contributed by atoms with E-state index in [2.05, 4.69) is 20.5 Å². The van der Waals surface area contributed by atoms with E-state index in [4.69, 9.17) is 0 Å². The van der Waals surface area contributed by atoms with E-state index >= 15 is 0 Å². The Morgan fingerprint density at radius 1 is 1.07 bits per heavy atom. The van der Waals surface area contributed by atoms with E-state index in [1.165, 1.54) is 13.1 Å². The highest BCUT2D eigenvalue weighted by Crippen LogP contribution is 2.42. The zero-order valence-corrected chi connectivity index (χ0v) is 22.3. The average molecular weight is 596 g/mol. The average Bonchev–Trinajstić information content (AvgIpc) is 3.52. The summed E-state index contributed by atoms with van der Waals surface area (Å²) in [5, 5.41) is 10.6. The quantitative estimate of drug-likeness (QED) is 0.295. The molecule has 3 aromatic rings. The van der Waals surface area contributed by atoms with Crippen molar-refractivity contribution in [2.24, 2.45) is 4.99 Å². The van der Waals surface area contributed by atoms with Gasteiger partial charge in [0, 0.05) is 31.4 Å². The normalized spacial score (nSPS) is 18.2. The molecule has 1 saturated heterocycles. The van der Waals surface area contributed by atoms with Gasteiger partial charge in [0.15, 0.2) is 5.17 Å². The van der Waals surface area contributed by atoms with Crippen molar-refractivity contribution < 1.29 is 35.9 Å². The van der Waals surface area contributed by atoms with Crippen molar-refractivity contribution in [3.8, 4) is 0 Å². The van der Waals surface area contributed by atoms with Crippen LogP contribution in [-0.2, 0) is 28.4 Å². The number of amidine groups is 1. The molecule has 2 aliphatic rings. The Hall–Kier alpha value is -3.81. The first-order chi connectivity index (χ1) is 19.3. The topological polar surface area (TPSA) is 90.5 Å². The molecule has 0 radical (unpaired) electrons. The number of hydrogen-bond donors (Lipinski definition) is 2. The summed E-state index contributed by atoms with van der Waals surface area (Å²) in [7, 11) is 0. The van der Waals surface area contributed by atoms with Crippen molar-refractivity contribution in [2.45, 2.75) is 44.6 Å². The fraction of sp³-hybridized carbons (Fsp3) is 0.333. The Labute approximate surface area is 234 Å². The zero-order chi connectivity index (χ0) is 29.5. The Bertz CT molecular complexity index is 1570. The highest BCUT2D eigenvalue weighted by Gasteiger charge is 2.39. The van der Waals surface area contributed by atoms with Crippen LogP contribution in [0, 0.1) is 0 Å². The number of nitrogens with one attached hydrogen (secondary N) is 2. The molecular weight excluding hydrogens is 572 g/mol. The lowest BCUT2D eigenvalue weighted by Crippen LogP contribution is -2.45. The third-order valence-electron chi connectivity index (χ3n) is 6.93. The lowest BCUT2D eigenvalue weighted by Gasteiger charge is -2.32. The molecule has 0 bridgehead atoms. The van der Waals surface area contributed by atoms with Gasteiger partial charge in [-0.2, -0.15) is 36.4 Å². The summed E-state index contributed by atoms with van der Waals surface area (Å²) in [5.41, 5.74) is -1.95. The van der Waals surface area contributed by atoms with Crippen molar-refractivity contribution in [1.82, 2.24) is 20.4 Å². The molecule has 41 heavy (non-hydrogen) atoms. The molecule has 1 fully saturated rings. The Kier molecular flexibility index (Phi) is 7.62. The monoisotopic (exact) mass is 595 g/mol. The molecule has 0 atom stereocenters. The third kappa shape index (κ3) is 6.26. The molecule has 2 aromatic carbocycles. The number of amides is 2. The van der Waals surface area contributed by atoms with E-state index in [0.717, 1.165) is 17.8 Å². The number of carbonyl (C=O) groups is 2. The lowest BCUT2D eigenvalue weighted by atomic mass is 9.92. The summed E-state index contributed by atoms with van der Waals surface area (Å²) in [6, 6.07) is 6.43. The van der Waals surface area contributed by atoms with Gasteiger partial charge in [0.2, 0.25) is 5.91 Å². The smallest absolute Gasteiger partial charge is 0.353 e. The maximum absolute atomic E-state index is 14.0. The van der Waals surface area contributed by atoms with Crippen LogP contribution in [0.3, 0.4) is 0 Å². The SMILES string of the molecule is CC(=O)NC1CCN(C2=NC(=O)C(=C(Cc3ccc(C(F)(F)F)cc3C(F)(F)F)c3ccc4[nH]ncc4c3)S2)CC1. The summed E-state index contributed by atoms with van der Waals surface area (Å²) in [6.07, 6.45) is -7.72. The number of likely N-dealkylation sites (tertiary alicyclic amines) is 1. The maximum atomic E-state index is 14.0. The fourth-order valence-corrected chi connectivity index (χ4v) is 6.00. The van der Waals surface area contributed by atoms with E-state index < -0.39 is 41.4 Å². The highest BCUT2D eigenvalue weighted by atomic mass is 32.2. The van der Waals surface area contributed by atoms with Gasteiger partial charge in [-0.05, 0) is 72.0 Å². The third-order valence-corrected chi connectivity index (χ3v) is 8.09. The Balaban J connectivity index is 1.53. The van der Waals surface area contributed by atoms with Crippen LogP contribution in [0.15, 0.2) is 52.5 Å². The number of fused-ring (bicyclic) bond motifs is 1. The van der Waals surface area contributed by atoms with Crippen LogP contribution in [0.5, 0.6) is 0 Å². The summed E-state index contributed by atoms with van der Waals surface area (Å²) < 4.78 is 81.7. The first-order valence-electron chi connectivity index (χ1n) is 12.6. The second-order valence-corrected chi connectivity index (χ2v) is 10.8. The number of H-pyrrole nitrogens is 1. The standard InChI is InChI=1S/C27H23F6N5O2S/c1-14(39)35-19-6-8-38(9-7-19)25-36-24(40)23(41-25)20(15-3-5-22-17(10-15)13-34-37-22)11-16-2-4-18(26(28,29)30)12-21(16)27(31,32)33/h2-5,10,12-13,19H,6-9,11H2,1H3,(H,34,37)(H,35,39). The van der Waals surface area contributed by atoms with E-state index in [-0.39, 0.29) is 28.5 Å². The number of aromatic nitrogens is 2. The van der Waals surface area contributed by atoms with Crippen LogP contribution in [0.2, 0.25) is 0 Å². The first kappa shape index (κ1) is 28.7. The number of halogens is 6. The number of nitrogens with zero attached hydrogens (tertiary/aromatic N) is 3. The molecule has 2 amide bonds. The van der Waals surface area contributed by atoms with E-state index in [1.54, 1.807) is 18.2 Å². The summed E-state index contributed by atoms with van der Waals surface area (Å²) in [6.45, 7) is 2.44. The van der Waals surface area contributed by atoms with Gasteiger partial charge in [-0.15, -0.1) is 0 Å². The molecule has 2 N–H and O–H groups in total. The van der Waals surface area contributed by atoms with Crippen molar-refractivity contribution in [3.05, 3.63) is 69.8 Å². The number of hydrogen-bond acceptors (Lipinski definition) is 5. The first-order valence-corrected chi connectivity index (χ1v) is 13.4. The van der Waals surface area contributed by atoms with Crippen LogP contribution in [0.25, 0.3) is 16.5 Å². The number of aliphatic imine (C=N–C) groups is 1. The molecule has 0 spiro atoms. The van der Waals surface area contributed by atoms with Crippen molar-refractivity contribution in [3.63, 3.8) is 0 Å². The minimum absolute atomic E-state index is 0.0147. The summed E-state index contributed by atoms with van der Waals surface area (Å²) in [5.74, 6) is -0.783. The lowest BCUT2D eigenvalue weighted by molar-refractivity contribution is -0.143. The molecule has 14 heteroatoms. The van der Waals surface area contributed by atoms with Crippen molar-refractivity contribution in [2.75, 3.05) is 13.1 Å². The van der Waals surface area contributed by atoms with Crippen LogP contribution < -0.4 is 5.32 Å². The predicted molar refractivity (Wildman–Crippen MR) is 142 cm³/mol. The molecule has 1 aromatic heterocycles. The molecule has 0 aliphatic carbocycles. The van der Waals surface area contributed by atoms with Gasteiger partial charge in [-0.3, -0.25) is 14.7 Å². The van der Waals surface area contributed by atoms with Crippen LogP contribution in [0.4, 0.5) is 26.3 Å². The van der Waals surface area contributed by atoms with Crippen molar-refractivity contribution in [1.29, 1.82) is 0 Å². The van der Waals surface area contributed by atoms with E-state index in [1.807, 2.05) is 4.90 Å². The van der Waals surface area contributed by atoms with Crippen LogP contribution in [-0.4, -0.2) is 51.2 Å². The number of benzene rings is 2. The van der Waals surface area contributed by atoms with Gasteiger partial charge in [-0.25, -0.2) is 0 Å². The van der Waals surface area contributed by atoms with Gasteiger partial charge >= 0.3 is 12.4 Å². The number of piperidine rings is 1. The van der Waals surface area contributed by atoms with Crippen LogP contribution in [0.1, 0.15) is 42.0 Å². The fourth-order valence-electron chi connectivity index (χ4n) is 4.93. The van der Waals surface area contributed by atoms with Gasteiger partial charge in [0.1, 0.15) is 0 Å². The number of carbonyl (C=O) groups excluding carboxylic acids is 2. The number of rotatable bonds is 4. The van der Waals surface area contributed by atoms with Gasteiger partial charge in [0.05, 0.1) is 27.7 Å². The largest absolute Gasteiger partial charge is 0.416 e. The van der Waals surface area contributed by atoms with E-state index in [9.17, 15) is 35.9 Å². The molecule has 2 aliphatic heterocycles. The maximum Gasteiger partial charge on any atom is 0.416 e. The summed E-state index contributed by atoms with van der Waals surface area (Å²) >= 11 is 1.02. The minimum atomic E-state index is -5.06. The zero-order valence-electron chi connectivity index (χ0n) is 21.5. The number of thioether (sulfide) groups is 1. The molecule has 5 rings (SSSR count). The Morgan fingerprint density at radius 3 is 2.46 bits per heavy atom. The number of alkyl halides is 6. The summed E-state index contributed by atoms with van der Waals surface area (Å²) in [4.78, 5) is 30.7. The molecular formula is C27H23F6N5O2S. The molecule has 0 unspecified atom stereocenters. The van der Waals surface area contributed by atoms with Gasteiger partial charge in [-0.1, -0.05) is 12.1 Å². The van der Waals surface area contributed by atoms with Gasteiger partial charge < -0.3 is 10.2 Å².